The molecule has 2 atom stereocenters. The summed E-state index contributed by atoms with van der Waals surface area (Å²) in [5, 5.41) is 8.36. The number of carboxylic acid groups (broad SMARTS) is 1. The van der Waals surface area contributed by atoms with Gasteiger partial charge in [0.05, 0.1) is 0 Å². The SMILES string of the molecule is CPCCC(Br)C(=O)O. The van der Waals surface area contributed by atoms with Gasteiger partial charge in [-0.25, -0.2) is 0 Å². The first-order valence-electron chi connectivity index (χ1n) is 2.70. The van der Waals surface area contributed by atoms with Crippen LogP contribution in [0.2, 0.25) is 0 Å². The Morgan fingerprint density at radius 1 is 1.89 bits per heavy atom. The van der Waals surface area contributed by atoms with Gasteiger partial charge in [-0.2, -0.15) is 0 Å². The zero-order valence-electron chi connectivity index (χ0n) is 5.22. The fraction of sp³-hybridized carbons (Fsp3) is 0.800. The molecule has 0 aliphatic heterocycles. The Morgan fingerprint density at radius 3 is 2.78 bits per heavy atom. The lowest BCUT2D eigenvalue weighted by Crippen LogP contribution is -2.12. The van der Waals surface area contributed by atoms with Crippen LogP contribution in [0.15, 0.2) is 0 Å². The van der Waals surface area contributed by atoms with E-state index in [1.165, 1.54) is 0 Å². The minimum absolute atomic E-state index is 0.343. The van der Waals surface area contributed by atoms with Crippen molar-refractivity contribution in [1.82, 2.24) is 0 Å². The van der Waals surface area contributed by atoms with Crippen LogP contribution in [0, 0.1) is 0 Å². The molecule has 0 saturated heterocycles. The standard InChI is InChI=1S/C5H10BrO2P/c1-9-3-2-4(6)5(7)8/h4,9H,2-3H2,1H3,(H,7,8). The molecule has 0 bridgehead atoms. The average Bonchev–Trinajstić information content (AvgIpc) is 1.82. The third-order valence-corrected chi connectivity index (χ3v) is 2.55. The highest BCUT2D eigenvalue weighted by atomic mass is 79.9. The molecule has 0 aromatic rings. The van der Waals surface area contributed by atoms with Crippen LogP contribution in [0.3, 0.4) is 0 Å². The van der Waals surface area contributed by atoms with Crippen molar-refractivity contribution < 1.29 is 9.90 Å². The van der Waals surface area contributed by atoms with E-state index >= 15 is 0 Å². The highest BCUT2D eigenvalue weighted by Gasteiger charge is 2.10. The molecule has 0 radical (unpaired) electrons. The van der Waals surface area contributed by atoms with Crippen LogP contribution >= 0.6 is 24.5 Å². The molecule has 0 aliphatic carbocycles. The zero-order valence-corrected chi connectivity index (χ0v) is 7.81. The van der Waals surface area contributed by atoms with Crippen molar-refractivity contribution >= 4 is 30.5 Å². The van der Waals surface area contributed by atoms with Gasteiger partial charge >= 0.3 is 5.97 Å². The Bertz CT molecular complexity index is 97.0. The lowest BCUT2D eigenvalue weighted by atomic mass is 10.3. The second kappa shape index (κ2) is 5.19. The second-order valence-corrected chi connectivity index (χ2v) is 4.01. The van der Waals surface area contributed by atoms with Gasteiger partial charge in [-0.1, -0.05) is 15.9 Å². The van der Waals surface area contributed by atoms with Crippen molar-refractivity contribution in [2.24, 2.45) is 0 Å². The molecule has 9 heavy (non-hydrogen) atoms. The minimum Gasteiger partial charge on any atom is -0.480 e. The summed E-state index contributed by atoms with van der Waals surface area (Å²) in [6.07, 6.45) is 1.74. The third-order valence-electron chi connectivity index (χ3n) is 0.916. The Morgan fingerprint density at radius 2 is 2.44 bits per heavy atom. The summed E-state index contributed by atoms with van der Waals surface area (Å²) in [7, 11) is 0.850. The molecule has 0 aromatic carbocycles. The van der Waals surface area contributed by atoms with Crippen LogP contribution in [0.5, 0.6) is 0 Å². The number of aliphatic carboxylic acids is 1. The quantitative estimate of drug-likeness (QED) is 0.567. The zero-order chi connectivity index (χ0) is 7.28. The van der Waals surface area contributed by atoms with E-state index in [4.69, 9.17) is 5.11 Å². The van der Waals surface area contributed by atoms with Crippen molar-refractivity contribution in [2.75, 3.05) is 12.8 Å². The predicted molar refractivity (Wildman–Crippen MR) is 44.1 cm³/mol. The van der Waals surface area contributed by atoms with E-state index in [1.54, 1.807) is 0 Å². The summed E-state index contributed by atoms with van der Waals surface area (Å²) in [6.45, 7) is 2.07. The Balaban J connectivity index is 3.27. The summed E-state index contributed by atoms with van der Waals surface area (Å²) < 4.78 is 0. The molecule has 0 rings (SSSR count). The lowest BCUT2D eigenvalue weighted by molar-refractivity contribution is -0.136. The molecule has 54 valence electrons. The van der Waals surface area contributed by atoms with Gasteiger partial charge < -0.3 is 5.11 Å². The first kappa shape index (κ1) is 9.38. The summed E-state index contributed by atoms with van der Waals surface area (Å²) in [5.74, 6) is -0.756. The summed E-state index contributed by atoms with van der Waals surface area (Å²) in [4.78, 5) is 9.82. The Hall–Kier alpha value is 0.380. The van der Waals surface area contributed by atoms with E-state index in [0.717, 1.165) is 21.2 Å². The minimum atomic E-state index is -0.756. The largest absolute Gasteiger partial charge is 0.480 e. The van der Waals surface area contributed by atoms with Gasteiger partial charge in [0.2, 0.25) is 0 Å². The van der Waals surface area contributed by atoms with Gasteiger partial charge in [0, 0.05) is 0 Å². The van der Waals surface area contributed by atoms with Crippen LogP contribution in [0.1, 0.15) is 6.42 Å². The molecule has 0 heterocycles. The van der Waals surface area contributed by atoms with E-state index < -0.39 is 5.97 Å². The summed E-state index contributed by atoms with van der Waals surface area (Å²) in [6, 6.07) is 0. The van der Waals surface area contributed by atoms with Crippen LogP contribution in [0.4, 0.5) is 0 Å². The molecular weight excluding hydrogens is 203 g/mol. The molecule has 0 aliphatic rings. The van der Waals surface area contributed by atoms with E-state index in [2.05, 4.69) is 22.6 Å². The van der Waals surface area contributed by atoms with Crippen molar-refractivity contribution in [3.05, 3.63) is 0 Å². The van der Waals surface area contributed by atoms with Gasteiger partial charge in [0.15, 0.2) is 0 Å². The van der Waals surface area contributed by atoms with Crippen molar-refractivity contribution in [1.29, 1.82) is 0 Å². The van der Waals surface area contributed by atoms with Gasteiger partial charge in [0.1, 0.15) is 4.83 Å². The number of carbonyl (C=O) groups is 1. The molecule has 1 N–H and O–H groups in total. The lowest BCUT2D eigenvalue weighted by Gasteiger charge is -2.00. The van der Waals surface area contributed by atoms with E-state index in [1.807, 2.05) is 0 Å². The predicted octanol–water partition coefficient (Wildman–Crippen LogP) is 1.53. The molecule has 4 heteroatoms. The highest BCUT2D eigenvalue weighted by molar-refractivity contribution is 9.10. The number of hydrogen-bond acceptors (Lipinski definition) is 1. The van der Waals surface area contributed by atoms with Crippen LogP contribution in [-0.4, -0.2) is 28.7 Å². The van der Waals surface area contributed by atoms with Crippen molar-refractivity contribution in [3.63, 3.8) is 0 Å². The molecule has 0 saturated carbocycles. The summed E-state index contributed by atoms with van der Waals surface area (Å²) in [5.41, 5.74) is 0. The van der Waals surface area contributed by atoms with Crippen molar-refractivity contribution in [2.45, 2.75) is 11.2 Å². The summed E-state index contributed by atoms with van der Waals surface area (Å²) >= 11 is 3.05. The Kier molecular flexibility index (Phi) is 5.41. The number of carboxylic acids is 1. The van der Waals surface area contributed by atoms with Crippen molar-refractivity contribution in [3.8, 4) is 0 Å². The molecule has 0 aromatic heterocycles. The molecule has 0 spiro atoms. The molecule has 0 amide bonds. The maximum absolute atomic E-state index is 10.2. The molecule has 2 unspecified atom stereocenters. The van der Waals surface area contributed by atoms with Gasteiger partial charge in [-0.05, 0) is 19.2 Å². The third kappa shape index (κ3) is 4.86. The van der Waals surface area contributed by atoms with Crippen LogP contribution in [-0.2, 0) is 4.79 Å². The van der Waals surface area contributed by atoms with E-state index in [0.29, 0.717) is 0 Å². The average molecular weight is 213 g/mol. The van der Waals surface area contributed by atoms with E-state index in [-0.39, 0.29) is 4.83 Å². The fourth-order valence-corrected chi connectivity index (χ4v) is 1.62. The maximum Gasteiger partial charge on any atom is 0.317 e. The van der Waals surface area contributed by atoms with Crippen LogP contribution in [0.25, 0.3) is 0 Å². The molecular formula is C5H10BrO2P. The maximum atomic E-state index is 10.2. The van der Waals surface area contributed by atoms with Gasteiger partial charge in [-0.15, -0.1) is 8.58 Å². The number of hydrogen-bond donors (Lipinski definition) is 1. The van der Waals surface area contributed by atoms with E-state index in [9.17, 15) is 4.79 Å². The normalized spacial score (nSPS) is 14.4. The Labute approximate surface area is 64.9 Å². The smallest absolute Gasteiger partial charge is 0.317 e. The molecule has 0 fully saturated rings. The highest BCUT2D eigenvalue weighted by Crippen LogP contribution is 2.11. The first-order valence-corrected chi connectivity index (χ1v) is 5.32. The number of halogens is 1. The van der Waals surface area contributed by atoms with Gasteiger partial charge in [-0.3, -0.25) is 4.79 Å². The molecule has 2 nitrogen and oxygen atoms in total. The number of rotatable bonds is 4. The van der Waals surface area contributed by atoms with Gasteiger partial charge in [0.25, 0.3) is 0 Å². The monoisotopic (exact) mass is 212 g/mol. The fourth-order valence-electron chi connectivity index (χ4n) is 0.395. The second-order valence-electron chi connectivity index (χ2n) is 1.70. The number of alkyl halides is 1. The topological polar surface area (TPSA) is 37.3 Å². The first-order chi connectivity index (χ1) is 4.18. The van der Waals surface area contributed by atoms with Crippen LogP contribution < -0.4 is 0 Å².